The largest absolute Gasteiger partial charge is 0.437 e. The van der Waals surface area contributed by atoms with Crippen molar-refractivity contribution in [1.82, 2.24) is 25.1 Å². The SMILES string of the molecule is Cc1cccc(Oc2nccnc2[C@H]2CCCN(C(=O)c3ccn[nH]3)C2)c1. The van der Waals surface area contributed by atoms with E-state index in [0.717, 1.165) is 36.4 Å². The zero-order chi connectivity index (χ0) is 18.6. The number of aromatic nitrogens is 4. The highest BCUT2D eigenvalue weighted by Gasteiger charge is 2.29. The Kier molecular flexibility index (Phi) is 4.82. The standard InChI is InChI=1S/C20H21N5O2/c1-14-4-2-6-16(12-14)27-19-18(21-9-10-22-19)15-5-3-11-25(13-15)20(26)17-7-8-23-24-17/h2,4,6-10,12,15H,3,5,11,13H2,1H3,(H,23,24)/t15-/m0/s1. The van der Waals surface area contributed by atoms with Gasteiger partial charge in [0.05, 0.1) is 0 Å². The summed E-state index contributed by atoms with van der Waals surface area (Å²) in [5.74, 6) is 1.28. The summed E-state index contributed by atoms with van der Waals surface area (Å²) in [6.45, 7) is 3.33. The summed E-state index contributed by atoms with van der Waals surface area (Å²) >= 11 is 0. The fraction of sp³-hybridized carbons (Fsp3) is 0.300. The van der Waals surface area contributed by atoms with Gasteiger partial charge in [0.25, 0.3) is 5.91 Å². The van der Waals surface area contributed by atoms with Gasteiger partial charge in [0, 0.05) is 37.6 Å². The number of aromatic amines is 1. The molecule has 3 aromatic rings. The molecule has 1 saturated heterocycles. The number of nitrogens with one attached hydrogen (secondary N) is 1. The number of carbonyl (C=O) groups excluding carboxylic acids is 1. The number of ether oxygens (including phenoxy) is 1. The molecule has 0 bridgehead atoms. The van der Waals surface area contributed by atoms with Crippen molar-refractivity contribution in [1.29, 1.82) is 0 Å². The van der Waals surface area contributed by atoms with Gasteiger partial charge < -0.3 is 9.64 Å². The van der Waals surface area contributed by atoms with Gasteiger partial charge >= 0.3 is 0 Å². The molecule has 1 amide bonds. The van der Waals surface area contributed by atoms with E-state index in [1.54, 1.807) is 24.7 Å². The first kappa shape index (κ1) is 17.2. The molecule has 7 nitrogen and oxygen atoms in total. The Bertz CT molecular complexity index is 926. The minimum absolute atomic E-state index is 0.0396. The summed E-state index contributed by atoms with van der Waals surface area (Å²) in [6, 6.07) is 9.53. The van der Waals surface area contributed by atoms with Gasteiger partial charge in [0.1, 0.15) is 17.1 Å². The third kappa shape index (κ3) is 3.81. The van der Waals surface area contributed by atoms with Crippen molar-refractivity contribution in [3.8, 4) is 11.6 Å². The van der Waals surface area contributed by atoms with Crippen LogP contribution in [-0.2, 0) is 0 Å². The first-order valence-electron chi connectivity index (χ1n) is 9.05. The number of H-pyrrole nitrogens is 1. The molecule has 138 valence electrons. The fourth-order valence-electron chi connectivity index (χ4n) is 3.42. The summed E-state index contributed by atoms with van der Waals surface area (Å²) in [6.07, 6.45) is 6.74. The molecule has 1 atom stereocenters. The maximum absolute atomic E-state index is 12.6. The minimum atomic E-state index is -0.0396. The van der Waals surface area contributed by atoms with Crippen LogP contribution in [0.15, 0.2) is 48.9 Å². The van der Waals surface area contributed by atoms with Gasteiger partial charge in [0.15, 0.2) is 0 Å². The van der Waals surface area contributed by atoms with Gasteiger partial charge in [-0.1, -0.05) is 12.1 Å². The second kappa shape index (κ2) is 7.57. The van der Waals surface area contributed by atoms with Gasteiger partial charge in [-0.05, 0) is 43.5 Å². The van der Waals surface area contributed by atoms with Gasteiger partial charge in [-0.2, -0.15) is 5.10 Å². The fourth-order valence-corrected chi connectivity index (χ4v) is 3.42. The summed E-state index contributed by atoms with van der Waals surface area (Å²) < 4.78 is 6.02. The zero-order valence-electron chi connectivity index (χ0n) is 15.1. The number of nitrogens with zero attached hydrogens (tertiary/aromatic N) is 4. The molecule has 27 heavy (non-hydrogen) atoms. The third-order valence-electron chi connectivity index (χ3n) is 4.72. The van der Waals surface area contributed by atoms with E-state index in [1.165, 1.54) is 0 Å². The van der Waals surface area contributed by atoms with Crippen molar-refractivity contribution in [2.75, 3.05) is 13.1 Å². The van der Waals surface area contributed by atoms with Gasteiger partial charge in [-0.3, -0.25) is 14.9 Å². The Balaban J connectivity index is 1.55. The van der Waals surface area contributed by atoms with Crippen LogP contribution in [0.4, 0.5) is 0 Å². The van der Waals surface area contributed by atoms with E-state index in [-0.39, 0.29) is 11.8 Å². The number of aryl methyl sites for hydroxylation is 1. The Morgan fingerprint density at radius 2 is 2.11 bits per heavy atom. The highest BCUT2D eigenvalue weighted by molar-refractivity contribution is 5.92. The van der Waals surface area contributed by atoms with Crippen molar-refractivity contribution in [2.45, 2.75) is 25.7 Å². The maximum atomic E-state index is 12.6. The van der Waals surface area contributed by atoms with E-state index >= 15 is 0 Å². The Morgan fingerprint density at radius 3 is 2.93 bits per heavy atom. The molecular weight excluding hydrogens is 342 g/mol. The van der Waals surface area contributed by atoms with Crippen molar-refractivity contribution in [3.05, 3.63) is 65.9 Å². The molecule has 1 N–H and O–H groups in total. The Labute approximate surface area is 157 Å². The number of likely N-dealkylation sites (tertiary alicyclic amines) is 1. The van der Waals surface area contributed by atoms with Gasteiger partial charge in [0.2, 0.25) is 5.88 Å². The number of amides is 1. The highest BCUT2D eigenvalue weighted by atomic mass is 16.5. The van der Waals surface area contributed by atoms with E-state index in [9.17, 15) is 4.79 Å². The average molecular weight is 363 g/mol. The van der Waals surface area contributed by atoms with E-state index in [2.05, 4.69) is 20.2 Å². The first-order chi connectivity index (χ1) is 13.2. The van der Waals surface area contributed by atoms with Crippen molar-refractivity contribution in [3.63, 3.8) is 0 Å². The lowest BCUT2D eigenvalue weighted by Crippen LogP contribution is -2.39. The summed E-state index contributed by atoms with van der Waals surface area (Å²) in [5, 5.41) is 6.61. The molecule has 0 saturated carbocycles. The molecular formula is C20H21N5O2. The van der Waals surface area contributed by atoms with E-state index in [4.69, 9.17) is 4.74 Å². The maximum Gasteiger partial charge on any atom is 0.271 e. The van der Waals surface area contributed by atoms with Crippen LogP contribution in [0.5, 0.6) is 11.6 Å². The molecule has 0 aliphatic carbocycles. The van der Waals surface area contributed by atoms with E-state index in [1.807, 2.05) is 36.1 Å². The number of rotatable bonds is 4. The molecule has 1 fully saturated rings. The molecule has 0 spiro atoms. The smallest absolute Gasteiger partial charge is 0.271 e. The van der Waals surface area contributed by atoms with Crippen LogP contribution >= 0.6 is 0 Å². The van der Waals surface area contributed by atoms with Crippen molar-refractivity contribution in [2.24, 2.45) is 0 Å². The summed E-state index contributed by atoms with van der Waals surface area (Å²) in [5.41, 5.74) is 2.42. The first-order valence-corrected chi connectivity index (χ1v) is 9.05. The molecule has 7 heteroatoms. The van der Waals surface area contributed by atoms with Crippen LogP contribution in [0.2, 0.25) is 0 Å². The van der Waals surface area contributed by atoms with Crippen LogP contribution in [0, 0.1) is 6.92 Å². The van der Waals surface area contributed by atoms with Crippen LogP contribution in [0.3, 0.4) is 0 Å². The normalized spacial score (nSPS) is 16.9. The van der Waals surface area contributed by atoms with Gasteiger partial charge in [-0.15, -0.1) is 0 Å². The van der Waals surface area contributed by atoms with Crippen LogP contribution < -0.4 is 4.74 Å². The zero-order valence-corrected chi connectivity index (χ0v) is 15.1. The Morgan fingerprint density at radius 1 is 1.22 bits per heavy atom. The highest BCUT2D eigenvalue weighted by Crippen LogP contribution is 2.33. The second-order valence-electron chi connectivity index (χ2n) is 6.73. The molecule has 2 aromatic heterocycles. The second-order valence-corrected chi connectivity index (χ2v) is 6.73. The predicted octanol–water partition coefficient (Wildman–Crippen LogP) is 3.32. The molecule has 1 aromatic carbocycles. The number of carbonyl (C=O) groups is 1. The number of hydrogen-bond acceptors (Lipinski definition) is 5. The lowest BCUT2D eigenvalue weighted by atomic mass is 9.94. The molecule has 4 rings (SSSR count). The van der Waals surface area contributed by atoms with Crippen LogP contribution in [0.1, 0.15) is 40.5 Å². The third-order valence-corrected chi connectivity index (χ3v) is 4.72. The summed E-state index contributed by atoms with van der Waals surface area (Å²) in [4.78, 5) is 23.4. The monoisotopic (exact) mass is 363 g/mol. The minimum Gasteiger partial charge on any atom is -0.437 e. The molecule has 1 aliphatic heterocycles. The van der Waals surface area contributed by atoms with Gasteiger partial charge in [-0.25, -0.2) is 4.98 Å². The average Bonchev–Trinajstić information content (AvgIpc) is 3.23. The van der Waals surface area contributed by atoms with Crippen LogP contribution in [-0.4, -0.2) is 44.1 Å². The van der Waals surface area contributed by atoms with E-state index < -0.39 is 0 Å². The van der Waals surface area contributed by atoms with E-state index in [0.29, 0.717) is 18.1 Å². The number of hydrogen-bond donors (Lipinski definition) is 1. The van der Waals surface area contributed by atoms with Crippen LogP contribution in [0.25, 0.3) is 0 Å². The predicted molar refractivity (Wildman–Crippen MR) is 99.8 cm³/mol. The summed E-state index contributed by atoms with van der Waals surface area (Å²) in [7, 11) is 0. The Hall–Kier alpha value is -3.22. The molecule has 0 unspecified atom stereocenters. The number of benzene rings is 1. The van der Waals surface area contributed by atoms with Crippen molar-refractivity contribution >= 4 is 5.91 Å². The molecule has 0 radical (unpaired) electrons. The quantitative estimate of drug-likeness (QED) is 0.769. The molecule has 3 heterocycles. The topological polar surface area (TPSA) is 84.0 Å². The lowest BCUT2D eigenvalue weighted by Gasteiger charge is -2.32. The lowest BCUT2D eigenvalue weighted by molar-refractivity contribution is 0.0698. The number of piperidine rings is 1. The molecule has 1 aliphatic rings. The van der Waals surface area contributed by atoms with Crippen molar-refractivity contribution < 1.29 is 9.53 Å².